The van der Waals surface area contributed by atoms with E-state index in [0.717, 1.165) is 75.5 Å². The van der Waals surface area contributed by atoms with Crippen LogP contribution in [0, 0.1) is 23.2 Å². The van der Waals surface area contributed by atoms with Crippen molar-refractivity contribution in [2.24, 2.45) is 28.9 Å². The van der Waals surface area contributed by atoms with Gasteiger partial charge in [-0.3, -0.25) is 14.5 Å². The van der Waals surface area contributed by atoms with E-state index in [-0.39, 0.29) is 23.3 Å². The zero-order valence-electron chi connectivity index (χ0n) is 21.5. The van der Waals surface area contributed by atoms with Gasteiger partial charge in [-0.1, -0.05) is 0 Å². The summed E-state index contributed by atoms with van der Waals surface area (Å²) in [5, 5.41) is 3.45. The van der Waals surface area contributed by atoms with Crippen LogP contribution in [0.4, 0.5) is 5.69 Å². The highest BCUT2D eigenvalue weighted by atomic mass is 16.5. The molecule has 1 heterocycles. The van der Waals surface area contributed by atoms with Gasteiger partial charge in [0.05, 0.1) is 25.4 Å². The van der Waals surface area contributed by atoms with Gasteiger partial charge in [0.25, 0.3) is 0 Å². The number of nitrogens with zero attached hydrogens (tertiary/aromatic N) is 2. The Morgan fingerprint density at radius 1 is 1.03 bits per heavy atom. The molecular formula is C27H40N4O4. The molecule has 1 aliphatic heterocycles. The average molecular weight is 485 g/mol. The van der Waals surface area contributed by atoms with E-state index in [0.29, 0.717) is 17.8 Å². The minimum absolute atomic E-state index is 0.0959. The second-order valence-electron chi connectivity index (χ2n) is 11.7. The van der Waals surface area contributed by atoms with Gasteiger partial charge in [-0.15, -0.1) is 0 Å². The van der Waals surface area contributed by atoms with Crippen LogP contribution >= 0.6 is 0 Å². The minimum Gasteiger partial charge on any atom is -0.497 e. The van der Waals surface area contributed by atoms with E-state index in [2.05, 4.69) is 15.1 Å². The molecule has 1 aromatic carbocycles. The molecule has 1 aromatic rings. The van der Waals surface area contributed by atoms with E-state index in [1.54, 1.807) is 14.2 Å². The van der Waals surface area contributed by atoms with E-state index >= 15 is 0 Å². The van der Waals surface area contributed by atoms with Crippen LogP contribution < -0.4 is 25.4 Å². The topological polar surface area (TPSA) is 97.1 Å². The number of primary amides is 1. The molecule has 3 N–H and O–H groups in total. The lowest BCUT2D eigenvalue weighted by molar-refractivity contribution is -0.149. The largest absolute Gasteiger partial charge is 0.497 e. The summed E-state index contributed by atoms with van der Waals surface area (Å²) in [6.07, 6.45) is 4.84. The van der Waals surface area contributed by atoms with Crippen LogP contribution in [0.3, 0.4) is 0 Å². The van der Waals surface area contributed by atoms with Gasteiger partial charge < -0.3 is 25.4 Å². The number of ether oxygens (including phenoxy) is 2. The maximum Gasteiger partial charge on any atom is 0.240 e. The standard InChI is InChI=1S/C27H40N4O4/c1-26(2,31-9-7-30(8-10-31)21-6-5-20(34-3)13-22(21)35-4)25(33)29-23-18-11-17-12-19(23)16-27(14-17,15-18)24(28)32/h5-6,13,17-19,23H,7-12,14-16H2,1-4H3,(H2,28,32)(H,29,33). The molecule has 5 fully saturated rings. The Bertz CT molecular complexity index is 971. The third kappa shape index (κ3) is 4.13. The predicted octanol–water partition coefficient (Wildman–Crippen LogP) is 2.40. The Kier molecular flexibility index (Phi) is 6.14. The molecule has 0 aromatic heterocycles. The lowest BCUT2D eigenvalue weighted by atomic mass is 9.47. The van der Waals surface area contributed by atoms with Gasteiger partial charge in [0, 0.05) is 43.7 Å². The number of carbonyl (C=O) groups excluding carboxylic acids is 2. The molecule has 4 aliphatic carbocycles. The zero-order valence-corrected chi connectivity index (χ0v) is 21.5. The first-order valence-electron chi connectivity index (χ1n) is 13.0. The summed E-state index contributed by atoms with van der Waals surface area (Å²) in [6.45, 7) is 7.29. The van der Waals surface area contributed by atoms with E-state index in [9.17, 15) is 9.59 Å². The van der Waals surface area contributed by atoms with Crippen LogP contribution in [-0.4, -0.2) is 68.7 Å². The van der Waals surface area contributed by atoms with Crippen molar-refractivity contribution >= 4 is 17.5 Å². The fraction of sp³-hybridized carbons (Fsp3) is 0.704. The van der Waals surface area contributed by atoms with Gasteiger partial charge in [-0.05, 0) is 75.8 Å². The Morgan fingerprint density at radius 3 is 2.26 bits per heavy atom. The Labute approximate surface area is 208 Å². The first-order chi connectivity index (χ1) is 16.7. The zero-order chi connectivity index (χ0) is 25.0. The van der Waals surface area contributed by atoms with Crippen molar-refractivity contribution in [2.45, 2.75) is 57.5 Å². The smallest absolute Gasteiger partial charge is 0.240 e. The van der Waals surface area contributed by atoms with Gasteiger partial charge in [0.2, 0.25) is 11.8 Å². The number of hydrogen-bond acceptors (Lipinski definition) is 6. The van der Waals surface area contributed by atoms with Crippen molar-refractivity contribution in [3.63, 3.8) is 0 Å². The Morgan fingerprint density at radius 2 is 1.69 bits per heavy atom. The van der Waals surface area contributed by atoms with Crippen molar-refractivity contribution < 1.29 is 19.1 Å². The second-order valence-corrected chi connectivity index (χ2v) is 11.7. The summed E-state index contributed by atoms with van der Waals surface area (Å²) < 4.78 is 10.9. The molecule has 6 rings (SSSR count). The van der Waals surface area contributed by atoms with Crippen molar-refractivity contribution in [1.82, 2.24) is 10.2 Å². The van der Waals surface area contributed by atoms with Crippen molar-refractivity contribution in [2.75, 3.05) is 45.3 Å². The molecule has 5 aliphatic rings. The number of hydrogen-bond donors (Lipinski definition) is 2. The molecule has 8 nitrogen and oxygen atoms in total. The number of nitrogens with two attached hydrogens (primary N) is 1. The fourth-order valence-electron chi connectivity index (χ4n) is 7.59. The molecule has 192 valence electrons. The first-order valence-corrected chi connectivity index (χ1v) is 13.0. The highest BCUT2D eigenvalue weighted by Crippen LogP contribution is 2.60. The summed E-state index contributed by atoms with van der Waals surface area (Å²) in [7, 11) is 3.33. The van der Waals surface area contributed by atoms with Crippen LogP contribution in [0.15, 0.2) is 18.2 Å². The molecule has 4 bridgehead atoms. The first kappa shape index (κ1) is 24.2. The van der Waals surface area contributed by atoms with Crippen molar-refractivity contribution in [1.29, 1.82) is 0 Å². The summed E-state index contributed by atoms with van der Waals surface area (Å²) in [6, 6.07) is 6.06. The van der Waals surface area contributed by atoms with Gasteiger partial charge in [-0.2, -0.15) is 0 Å². The Hall–Kier alpha value is -2.48. The average Bonchev–Trinajstić information content (AvgIpc) is 2.85. The number of rotatable bonds is 7. The monoisotopic (exact) mass is 484 g/mol. The lowest BCUT2D eigenvalue weighted by Gasteiger charge is -2.59. The molecule has 2 atom stereocenters. The van der Waals surface area contributed by atoms with E-state index < -0.39 is 5.54 Å². The Balaban J connectivity index is 1.22. The van der Waals surface area contributed by atoms with Gasteiger partial charge in [0.15, 0.2) is 0 Å². The molecule has 2 unspecified atom stereocenters. The van der Waals surface area contributed by atoms with Gasteiger partial charge in [0.1, 0.15) is 11.5 Å². The third-order valence-electron chi connectivity index (χ3n) is 9.45. The van der Waals surface area contributed by atoms with Crippen molar-refractivity contribution in [3.8, 4) is 11.5 Å². The van der Waals surface area contributed by atoms with Crippen LogP contribution in [0.2, 0.25) is 0 Å². The normalized spacial score (nSPS) is 32.4. The summed E-state index contributed by atoms with van der Waals surface area (Å²) in [5.41, 5.74) is 5.96. The van der Waals surface area contributed by atoms with Gasteiger partial charge in [-0.25, -0.2) is 0 Å². The predicted molar refractivity (Wildman–Crippen MR) is 135 cm³/mol. The van der Waals surface area contributed by atoms with Crippen LogP contribution in [0.25, 0.3) is 0 Å². The summed E-state index contributed by atoms with van der Waals surface area (Å²) >= 11 is 0. The van der Waals surface area contributed by atoms with E-state index in [4.69, 9.17) is 15.2 Å². The molecule has 35 heavy (non-hydrogen) atoms. The molecule has 8 heteroatoms. The summed E-state index contributed by atoms with van der Waals surface area (Å²) in [5.74, 6) is 2.86. The van der Waals surface area contributed by atoms with Crippen molar-refractivity contribution in [3.05, 3.63) is 18.2 Å². The number of benzene rings is 1. The molecule has 0 radical (unpaired) electrons. The number of anilines is 1. The highest BCUT2D eigenvalue weighted by Gasteiger charge is 2.58. The third-order valence-corrected chi connectivity index (χ3v) is 9.45. The van der Waals surface area contributed by atoms with Crippen LogP contribution in [-0.2, 0) is 9.59 Å². The number of methoxy groups -OCH3 is 2. The maximum absolute atomic E-state index is 13.6. The molecule has 1 saturated heterocycles. The summed E-state index contributed by atoms with van der Waals surface area (Å²) in [4.78, 5) is 30.5. The number of nitrogens with one attached hydrogen (secondary N) is 1. The number of piperazine rings is 1. The van der Waals surface area contributed by atoms with Crippen LogP contribution in [0.5, 0.6) is 11.5 Å². The molecule has 2 amide bonds. The SMILES string of the molecule is COc1ccc(N2CCN(C(C)(C)C(=O)NC3C4CC5CC3CC(C(N)=O)(C5)C4)CC2)c(OC)c1. The van der Waals surface area contributed by atoms with E-state index in [1.165, 1.54) is 0 Å². The quantitative estimate of drug-likeness (QED) is 0.617. The molecular weight excluding hydrogens is 444 g/mol. The lowest BCUT2D eigenvalue weighted by Crippen LogP contribution is -2.66. The highest BCUT2D eigenvalue weighted by molar-refractivity contribution is 5.86. The fourth-order valence-corrected chi connectivity index (χ4v) is 7.59. The molecule has 4 saturated carbocycles. The van der Waals surface area contributed by atoms with Crippen LogP contribution in [0.1, 0.15) is 46.0 Å². The molecule has 0 spiro atoms. The van der Waals surface area contributed by atoms with Gasteiger partial charge >= 0.3 is 0 Å². The van der Waals surface area contributed by atoms with E-state index in [1.807, 2.05) is 32.0 Å². The minimum atomic E-state index is -0.605. The second kappa shape index (κ2) is 8.87. The number of amides is 2. The maximum atomic E-state index is 13.6. The number of carbonyl (C=O) groups is 2.